The van der Waals surface area contributed by atoms with Gasteiger partial charge in [0.05, 0.1) is 0 Å². The minimum atomic E-state index is -0.591. The van der Waals surface area contributed by atoms with E-state index in [2.05, 4.69) is 15.3 Å². The Labute approximate surface area is 171 Å². The number of fused-ring (bicyclic) bond motifs is 1. The predicted molar refractivity (Wildman–Crippen MR) is 113 cm³/mol. The van der Waals surface area contributed by atoms with Crippen molar-refractivity contribution in [2.24, 2.45) is 0 Å². The van der Waals surface area contributed by atoms with Crippen molar-refractivity contribution >= 4 is 22.8 Å². The zero-order valence-corrected chi connectivity index (χ0v) is 16.1. The molecule has 0 spiro atoms. The van der Waals surface area contributed by atoms with Crippen LogP contribution in [0.15, 0.2) is 82.6 Å². The van der Waals surface area contributed by atoms with Crippen LogP contribution in [0.25, 0.3) is 11.2 Å². The zero-order valence-electron chi connectivity index (χ0n) is 16.1. The van der Waals surface area contributed by atoms with Gasteiger partial charge in [-0.1, -0.05) is 48.5 Å². The molecule has 30 heavy (non-hydrogen) atoms. The van der Waals surface area contributed by atoms with E-state index >= 15 is 0 Å². The monoisotopic (exact) mass is 401 g/mol. The van der Waals surface area contributed by atoms with Crippen LogP contribution in [-0.2, 0) is 24.3 Å². The van der Waals surface area contributed by atoms with Crippen LogP contribution < -0.4 is 16.6 Å². The Morgan fingerprint density at radius 2 is 1.53 bits per heavy atom. The lowest BCUT2D eigenvalue weighted by atomic mass is 10.1. The van der Waals surface area contributed by atoms with Crippen LogP contribution in [0.5, 0.6) is 0 Å². The van der Waals surface area contributed by atoms with E-state index in [-0.39, 0.29) is 24.3 Å². The van der Waals surface area contributed by atoms with Gasteiger partial charge in [0, 0.05) is 24.6 Å². The number of para-hydroxylation sites is 1. The summed E-state index contributed by atoms with van der Waals surface area (Å²) in [5.41, 5.74) is 0.648. The van der Waals surface area contributed by atoms with Crippen LogP contribution in [0.2, 0.25) is 0 Å². The number of carbonyl (C=O) groups excluding carboxylic acids is 1. The molecule has 2 heterocycles. The van der Waals surface area contributed by atoms with Crippen molar-refractivity contribution in [3.63, 3.8) is 0 Å². The number of carbonyl (C=O) groups is 1. The molecule has 4 aromatic rings. The molecule has 0 fully saturated rings. The maximum Gasteiger partial charge on any atom is 0.333 e. The second-order valence-corrected chi connectivity index (χ2v) is 6.70. The van der Waals surface area contributed by atoms with Gasteiger partial charge in [-0.05, 0) is 24.1 Å². The van der Waals surface area contributed by atoms with Gasteiger partial charge in [0.15, 0.2) is 11.2 Å². The van der Waals surface area contributed by atoms with Crippen molar-refractivity contribution < 1.29 is 4.79 Å². The van der Waals surface area contributed by atoms with Crippen molar-refractivity contribution in [3.8, 4) is 0 Å². The van der Waals surface area contributed by atoms with Crippen LogP contribution in [0, 0.1) is 0 Å². The van der Waals surface area contributed by atoms with E-state index < -0.39 is 17.2 Å². The fraction of sp³-hybridized carbons (Fsp3) is 0.136. The van der Waals surface area contributed by atoms with Crippen molar-refractivity contribution in [2.45, 2.75) is 19.5 Å². The highest BCUT2D eigenvalue weighted by molar-refractivity contribution is 5.91. The maximum absolute atomic E-state index is 13.1. The molecule has 0 unspecified atom stereocenters. The number of anilines is 1. The second-order valence-electron chi connectivity index (χ2n) is 6.70. The third-order valence-electron chi connectivity index (χ3n) is 4.67. The normalized spacial score (nSPS) is 10.8. The average Bonchev–Trinajstić information content (AvgIpc) is 2.78. The molecule has 0 radical (unpaired) electrons. The highest BCUT2D eigenvalue weighted by atomic mass is 16.2. The predicted octanol–water partition coefficient (Wildman–Crippen LogP) is 1.83. The molecule has 0 saturated heterocycles. The maximum atomic E-state index is 13.1. The second kappa shape index (κ2) is 8.52. The van der Waals surface area contributed by atoms with E-state index in [1.165, 1.54) is 17.0 Å². The molecule has 8 heteroatoms. The van der Waals surface area contributed by atoms with E-state index in [4.69, 9.17) is 0 Å². The van der Waals surface area contributed by atoms with Gasteiger partial charge in [-0.25, -0.2) is 14.8 Å². The van der Waals surface area contributed by atoms with Crippen molar-refractivity contribution in [1.29, 1.82) is 0 Å². The Morgan fingerprint density at radius 3 is 2.27 bits per heavy atom. The Balaban J connectivity index is 1.70. The van der Waals surface area contributed by atoms with Gasteiger partial charge in [-0.15, -0.1) is 0 Å². The standard InChI is InChI=1S/C22H19N5O3/c28-18(25-17-9-5-2-6-10-17)15-27-20-19(23-12-13-24-20)21(29)26(22(27)30)14-11-16-7-3-1-4-8-16/h1-10,12-13H,11,14-15H2,(H,25,28). The van der Waals surface area contributed by atoms with Crippen LogP contribution in [0.3, 0.4) is 0 Å². The first-order valence-corrected chi connectivity index (χ1v) is 9.46. The Kier molecular flexibility index (Phi) is 5.47. The lowest BCUT2D eigenvalue weighted by molar-refractivity contribution is -0.116. The molecule has 0 aliphatic heterocycles. The molecule has 2 aromatic heterocycles. The molecule has 2 aromatic carbocycles. The molecule has 8 nitrogen and oxygen atoms in total. The summed E-state index contributed by atoms with van der Waals surface area (Å²) in [5, 5.41) is 2.74. The third-order valence-corrected chi connectivity index (χ3v) is 4.67. The van der Waals surface area contributed by atoms with Gasteiger partial charge in [0.25, 0.3) is 5.56 Å². The van der Waals surface area contributed by atoms with Gasteiger partial charge in [0.1, 0.15) is 6.54 Å². The van der Waals surface area contributed by atoms with Crippen molar-refractivity contribution in [1.82, 2.24) is 19.1 Å². The molecule has 0 atom stereocenters. The fourth-order valence-electron chi connectivity index (χ4n) is 3.22. The number of nitrogens with one attached hydrogen (secondary N) is 1. The van der Waals surface area contributed by atoms with E-state index in [1.54, 1.807) is 24.3 Å². The van der Waals surface area contributed by atoms with Gasteiger partial charge < -0.3 is 5.32 Å². The quantitative estimate of drug-likeness (QED) is 0.532. The lowest BCUT2D eigenvalue weighted by Crippen LogP contribution is -2.42. The lowest BCUT2D eigenvalue weighted by Gasteiger charge is -2.13. The van der Waals surface area contributed by atoms with E-state index in [0.29, 0.717) is 12.1 Å². The van der Waals surface area contributed by atoms with Gasteiger partial charge in [-0.3, -0.25) is 18.7 Å². The molecule has 0 saturated carbocycles. The fourth-order valence-corrected chi connectivity index (χ4v) is 3.22. The van der Waals surface area contributed by atoms with Gasteiger partial charge >= 0.3 is 5.69 Å². The van der Waals surface area contributed by atoms with Gasteiger partial charge in [-0.2, -0.15) is 0 Å². The average molecular weight is 401 g/mol. The zero-order chi connectivity index (χ0) is 20.9. The molecule has 0 aliphatic rings. The highest BCUT2D eigenvalue weighted by Gasteiger charge is 2.17. The first kappa shape index (κ1) is 19.3. The summed E-state index contributed by atoms with van der Waals surface area (Å²) in [6, 6.07) is 18.5. The van der Waals surface area contributed by atoms with Crippen LogP contribution in [0.1, 0.15) is 5.56 Å². The summed E-state index contributed by atoms with van der Waals surface area (Å²) < 4.78 is 2.30. The number of amides is 1. The number of rotatable bonds is 6. The summed E-state index contributed by atoms with van der Waals surface area (Å²) in [6.45, 7) is -0.108. The summed E-state index contributed by atoms with van der Waals surface area (Å²) in [4.78, 5) is 46.7. The molecule has 4 rings (SSSR count). The van der Waals surface area contributed by atoms with E-state index in [0.717, 1.165) is 10.1 Å². The Hall–Kier alpha value is -4.07. The smallest absolute Gasteiger partial charge is 0.325 e. The summed E-state index contributed by atoms with van der Waals surface area (Å²) in [7, 11) is 0. The first-order chi connectivity index (χ1) is 14.6. The molecular weight excluding hydrogens is 382 g/mol. The van der Waals surface area contributed by atoms with E-state index in [9.17, 15) is 14.4 Å². The number of aryl methyl sites for hydroxylation is 1. The number of nitrogens with zero attached hydrogens (tertiary/aromatic N) is 4. The molecule has 0 aliphatic carbocycles. The minimum Gasteiger partial charge on any atom is -0.325 e. The van der Waals surface area contributed by atoms with Crippen LogP contribution >= 0.6 is 0 Å². The number of hydrogen-bond acceptors (Lipinski definition) is 5. The number of hydrogen-bond donors (Lipinski definition) is 1. The summed E-state index contributed by atoms with van der Waals surface area (Å²) in [5.74, 6) is -0.400. The molecular formula is C22H19N5O3. The van der Waals surface area contributed by atoms with Gasteiger partial charge in [0.2, 0.25) is 5.91 Å². The van der Waals surface area contributed by atoms with Crippen molar-refractivity contribution in [3.05, 3.63) is 99.5 Å². The van der Waals surface area contributed by atoms with Crippen molar-refractivity contribution in [2.75, 3.05) is 5.32 Å². The molecule has 150 valence electrons. The van der Waals surface area contributed by atoms with Crippen LogP contribution in [0.4, 0.5) is 5.69 Å². The Morgan fingerprint density at radius 1 is 0.867 bits per heavy atom. The summed E-state index contributed by atoms with van der Waals surface area (Å²) >= 11 is 0. The first-order valence-electron chi connectivity index (χ1n) is 9.46. The number of benzene rings is 2. The van der Waals surface area contributed by atoms with E-state index in [1.807, 2.05) is 36.4 Å². The summed E-state index contributed by atoms with van der Waals surface area (Å²) in [6.07, 6.45) is 3.28. The molecule has 0 bridgehead atoms. The largest absolute Gasteiger partial charge is 0.333 e. The van der Waals surface area contributed by atoms with Crippen LogP contribution in [-0.4, -0.2) is 25.0 Å². The topological polar surface area (TPSA) is 98.9 Å². The number of aromatic nitrogens is 4. The Bertz CT molecular complexity index is 1300. The SMILES string of the molecule is O=C(Cn1c(=O)n(CCc2ccccc2)c(=O)c2nccnc21)Nc1ccccc1. The molecule has 1 amide bonds. The molecule has 1 N–H and O–H groups in total. The minimum absolute atomic E-state index is 0.0534. The third kappa shape index (κ3) is 4.02. The highest BCUT2D eigenvalue weighted by Crippen LogP contribution is 2.07.